The summed E-state index contributed by atoms with van der Waals surface area (Å²) in [4.78, 5) is 23.9. The maximum atomic E-state index is 12.1. The summed E-state index contributed by atoms with van der Waals surface area (Å²) >= 11 is 0. The van der Waals surface area contributed by atoms with E-state index in [1.165, 1.54) is 0 Å². The van der Waals surface area contributed by atoms with Gasteiger partial charge in [0.25, 0.3) is 0 Å². The molecule has 0 aromatic heterocycles. The van der Waals surface area contributed by atoms with Crippen LogP contribution in [-0.4, -0.2) is 78.0 Å². The lowest BCUT2D eigenvalue weighted by atomic mass is 9.92. The minimum atomic E-state index is -0.294. The first-order valence-corrected chi connectivity index (χ1v) is 11.2. The Kier molecular flexibility index (Phi) is 20.2. The summed E-state index contributed by atoms with van der Waals surface area (Å²) in [6, 6.07) is 0. The fraction of sp³-hybridized carbons (Fsp3) is 0.909. The molecule has 0 heterocycles. The van der Waals surface area contributed by atoms with Gasteiger partial charge in [-0.15, -0.1) is 0 Å². The van der Waals surface area contributed by atoms with Crippen LogP contribution < -0.4 is 0 Å². The van der Waals surface area contributed by atoms with Crippen LogP contribution in [0.1, 0.15) is 53.4 Å². The molecule has 0 N–H and O–H groups in total. The molecule has 0 aromatic rings. The predicted molar refractivity (Wildman–Crippen MR) is 113 cm³/mol. The summed E-state index contributed by atoms with van der Waals surface area (Å²) < 4.78 is 31.6. The molecule has 0 saturated heterocycles. The highest BCUT2D eigenvalue weighted by atomic mass is 16.6. The van der Waals surface area contributed by atoms with Gasteiger partial charge in [-0.3, -0.25) is 9.59 Å². The normalized spacial score (nSPS) is 13.1. The number of hydrogen-bond donors (Lipinski definition) is 0. The van der Waals surface area contributed by atoms with Gasteiger partial charge in [0.1, 0.15) is 13.2 Å². The van der Waals surface area contributed by atoms with Crippen LogP contribution in [-0.2, 0) is 38.0 Å². The second-order valence-electron chi connectivity index (χ2n) is 7.14. The average Bonchev–Trinajstić information content (AvgIpc) is 2.75. The Hall–Kier alpha value is -1.22. The van der Waals surface area contributed by atoms with E-state index in [0.717, 1.165) is 26.1 Å². The molecule has 0 spiro atoms. The number of hydrogen-bond acceptors (Lipinski definition) is 8. The van der Waals surface area contributed by atoms with Gasteiger partial charge in [0.05, 0.1) is 45.6 Å². The number of ether oxygens (including phenoxy) is 6. The minimum absolute atomic E-state index is 0.0142. The Morgan fingerprint density at radius 2 is 1.07 bits per heavy atom. The first-order chi connectivity index (χ1) is 14.5. The van der Waals surface area contributed by atoms with Gasteiger partial charge >= 0.3 is 11.9 Å². The molecule has 8 heteroatoms. The molecule has 0 radical (unpaired) electrons. The molecule has 2 atom stereocenters. The van der Waals surface area contributed by atoms with Crippen LogP contribution in [0, 0.1) is 11.8 Å². The zero-order valence-corrected chi connectivity index (χ0v) is 19.3. The highest BCUT2D eigenvalue weighted by molar-refractivity contribution is 5.72. The molecule has 0 rings (SSSR count). The van der Waals surface area contributed by atoms with Crippen molar-refractivity contribution >= 4 is 11.9 Å². The molecule has 0 amide bonds. The lowest BCUT2D eigenvalue weighted by Gasteiger charge is -2.18. The van der Waals surface area contributed by atoms with Crippen molar-refractivity contribution in [2.75, 3.05) is 66.1 Å². The van der Waals surface area contributed by atoms with E-state index in [4.69, 9.17) is 28.4 Å². The Balaban J connectivity index is 3.67. The average molecular weight is 435 g/mol. The smallest absolute Gasteiger partial charge is 0.308 e. The standard InChI is InChI=1S/C22H42O8/c1-5-9-25-11-13-27-15-17-29-21(23)8-7-19(3)20(4)22(24)30-18-16-28-14-12-26-10-6-2/h19-20H,5-18H2,1-4H3. The predicted octanol–water partition coefficient (Wildman–Crippen LogP) is 3.01. The maximum absolute atomic E-state index is 12.1. The second kappa shape index (κ2) is 21.0. The molecule has 2 unspecified atom stereocenters. The molecular weight excluding hydrogens is 392 g/mol. The molecule has 0 fully saturated rings. The number of rotatable bonds is 21. The van der Waals surface area contributed by atoms with Crippen LogP contribution in [0.3, 0.4) is 0 Å². The highest BCUT2D eigenvalue weighted by Gasteiger charge is 2.22. The zero-order chi connectivity index (χ0) is 22.5. The molecule has 178 valence electrons. The van der Waals surface area contributed by atoms with Crippen molar-refractivity contribution in [3.63, 3.8) is 0 Å². The Morgan fingerprint density at radius 1 is 0.633 bits per heavy atom. The molecule has 0 bridgehead atoms. The van der Waals surface area contributed by atoms with Gasteiger partial charge in [-0.1, -0.05) is 27.7 Å². The first-order valence-electron chi connectivity index (χ1n) is 11.2. The monoisotopic (exact) mass is 434 g/mol. The SMILES string of the molecule is CCCOCCOCCOC(=O)CCC(C)C(C)C(=O)OCCOCCOCCC. The summed E-state index contributed by atoms with van der Waals surface area (Å²) in [6.07, 6.45) is 2.79. The van der Waals surface area contributed by atoms with Crippen molar-refractivity contribution in [2.45, 2.75) is 53.4 Å². The summed E-state index contributed by atoms with van der Waals surface area (Å²) in [5.41, 5.74) is 0. The summed E-state index contributed by atoms with van der Waals surface area (Å²) in [5.74, 6) is -0.843. The molecular formula is C22H42O8. The van der Waals surface area contributed by atoms with Crippen molar-refractivity contribution in [2.24, 2.45) is 11.8 Å². The topological polar surface area (TPSA) is 89.5 Å². The number of carbonyl (C=O) groups is 2. The van der Waals surface area contributed by atoms with E-state index < -0.39 is 0 Å². The van der Waals surface area contributed by atoms with Crippen LogP contribution >= 0.6 is 0 Å². The molecule has 0 aliphatic carbocycles. The Morgan fingerprint density at radius 3 is 1.57 bits per heavy atom. The van der Waals surface area contributed by atoms with E-state index in [2.05, 4.69) is 0 Å². The van der Waals surface area contributed by atoms with Crippen molar-refractivity contribution in [1.82, 2.24) is 0 Å². The molecule has 0 aliphatic rings. The summed E-state index contributed by atoms with van der Waals surface area (Å²) in [5, 5.41) is 0. The van der Waals surface area contributed by atoms with Crippen LogP contribution in [0.4, 0.5) is 0 Å². The van der Waals surface area contributed by atoms with E-state index in [1.807, 2.05) is 27.7 Å². The van der Waals surface area contributed by atoms with Crippen molar-refractivity contribution in [3.8, 4) is 0 Å². The molecule has 0 aromatic carbocycles. The molecule has 30 heavy (non-hydrogen) atoms. The number of esters is 2. The van der Waals surface area contributed by atoms with Gasteiger partial charge in [0.2, 0.25) is 0 Å². The van der Waals surface area contributed by atoms with Gasteiger partial charge in [-0.05, 0) is 25.2 Å². The second-order valence-corrected chi connectivity index (χ2v) is 7.14. The van der Waals surface area contributed by atoms with Gasteiger partial charge < -0.3 is 28.4 Å². The van der Waals surface area contributed by atoms with E-state index in [9.17, 15) is 9.59 Å². The lowest BCUT2D eigenvalue weighted by molar-refractivity contribution is -0.152. The molecule has 0 aliphatic heterocycles. The van der Waals surface area contributed by atoms with Gasteiger partial charge in [0, 0.05) is 19.6 Å². The molecule has 0 saturated carbocycles. The van der Waals surface area contributed by atoms with Gasteiger partial charge in [0.15, 0.2) is 0 Å². The minimum Gasteiger partial charge on any atom is -0.463 e. The van der Waals surface area contributed by atoms with Crippen LogP contribution in [0.2, 0.25) is 0 Å². The zero-order valence-electron chi connectivity index (χ0n) is 19.3. The maximum Gasteiger partial charge on any atom is 0.308 e. The Labute approximate surface area is 181 Å². The van der Waals surface area contributed by atoms with E-state index in [0.29, 0.717) is 46.1 Å². The van der Waals surface area contributed by atoms with Crippen LogP contribution in [0.5, 0.6) is 0 Å². The summed E-state index contributed by atoms with van der Waals surface area (Å²) in [7, 11) is 0. The van der Waals surface area contributed by atoms with E-state index in [-0.39, 0.29) is 43.4 Å². The fourth-order valence-corrected chi connectivity index (χ4v) is 2.38. The Bertz CT molecular complexity index is 416. The number of carbonyl (C=O) groups excluding carboxylic acids is 2. The fourth-order valence-electron chi connectivity index (χ4n) is 2.38. The third-order valence-electron chi connectivity index (χ3n) is 4.43. The quantitative estimate of drug-likeness (QED) is 0.201. The third-order valence-corrected chi connectivity index (χ3v) is 4.43. The lowest BCUT2D eigenvalue weighted by Crippen LogP contribution is -2.24. The van der Waals surface area contributed by atoms with Gasteiger partial charge in [-0.2, -0.15) is 0 Å². The van der Waals surface area contributed by atoms with Crippen molar-refractivity contribution in [3.05, 3.63) is 0 Å². The van der Waals surface area contributed by atoms with Gasteiger partial charge in [-0.25, -0.2) is 0 Å². The van der Waals surface area contributed by atoms with Crippen molar-refractivity contribution < 1.29 is 38.0 Å². The first kappa shape index (κ1) is 28.8. The van der Waals surface area contributed by atoms with Crippen molar-refractivity contribution in [1.29, 1.82) is 0 Å². The van der Waals surface area contributed by atoms with E-state index in [1.54, 1.807) is 0 Å². The van der Waals surface area contributed by atoms with Crippen LogP contribution in [0.25, 0.3) is 0 Å². The highest BCUT2D eigenvalue weighted by Crippen LogP contribution is 2.18. The van der Waals surface area contributed by atoms with E-state index >= 15 is 0 Å². The third kappa shape index (κ3) is 17.6. The molecule has 8 nitrogen and oxygen atoms in total. The summed E-state index contributed by atoms with van der Waals surface area (Å²) in [6.45, 7) is 12.5. The largest absolute Gasteiger partial charge is 0.463 e. The van der Waals surface area contributed by atoms with Crippen LogP contribution in [0.15, 0.2) is 0 Å².